The summed E-state index contributed by atoms with van der Waals surface area (Å²) in [5.41, 5.74) is 3.07. The van der Waals surface area contributed by atoms with E-state index in [-0.39, 0.29) is 5.41 Å². The van der Waals surface area contributed by atoms with E-state index in [0.29, 0.717) is 12.0 Å². The lowest BCUT2D eigenvalue weighted by Crippen LogP contribution is -2.30. The quantitative estimate of drug-likeness (QED) is 0.826. The van der Waals surface area contributed by atoms with Crippen LogP contribution in [0.25, 0.3) is 0 Å². The van der Waals surface area contributed by atoms with Crippen LogP contribution in [0.3, 0.4) is 0 Å². The Bertz CT molecular complexity index is 332. The molecule has 1 rings (SSSR count). The maximum absolute atomic E-state index is 3.49. The van der Waals surface area contributed by atoms with Crippen molar-refractivity contribution in [2.45, 2.75) is 58.9 Å². The monoisotopic (exact) mass is 233 g/mol. The molecule has 2 unspecified atom stereocenters. The van der Waals surface area contributed by atoms with Gasteiger partial charge >= 0.3 is 0 Å². The van der Waals surface area contributed by atoms with Crippen molar-refractivity contribution in [3.8, 4) is 0 Å². The minimum absolute atomic E-state index is 0.245. The smallest absolute Gasteiger partial charge is 0.0105 e. The van der Waals surface area contributed by atoms with Crippen LogP contribution in [0.4, 0.5) is 0 Å². The van der Waals surface area contributed by atoms with Crippen molar-refractivity contribution in [3.05, 3.63) is 35.4 Å². The Morgan fingerprint density at radius 3 is 2.00 bits per heavy atom. The third-order valence-electron chi connectivity index (χ3n) is 3.58. The first-order chi connectivity index (χ1) is 7.86. The van der Waals surface area contributed by atoms with Gasteiger partial charge in [-0.25, -0.2) is 0 Å². The lowest BCUT2D eigenvalue weighted by Gasteiger charge is -2.23. The van der Waals surface area contributed by atoms with Crippen molar-refractivity contribution in [2.24, 2.45) is 0 Å². The summed E-state index contributed by atoms with van der Waals surface area (Å²) in [5.74, 6) is 0.559. The van der Waals surface area contributed by atoms with Gasteiger partial charge < -0.3 is 5.32 Å². The molecule has 1 heteroatoms. The van der Waals surface area contributed by atoms with E-state index in [1.54, 1.807) is 0 Å². The third-order valence-corrected chi connectivity index (χ3v) is 3.58. The average molecular weight is 233 g/mol. The van der Waals surface area contributed by atoms with Crippen molar-refractivity contribution in [1.82, 2.24) is 5.32 Å². The van der Waals surface area contributed by atoms with Gasteiger partial charge in [-0.3, -0.25) is 0 Å². The highest BCUT2D eigenvalue weighted by molar-refractivity contribution is 5.29. The summed E-state index contributed by atoms with van der Waals surface area (Å²) in [6, 6.07) is 9.62. The normalized spacial score (nSPS) is 15.6. The lowest BCUT2D eigenvalue weighted by atomic mass is 9.85. The molecule has 0 saturated carbocycles. The molecule has 0 aliphatic carbocycles. The highest BCUT2D eigenvalue weighted by Crippen LogP contribution is 2.25. The van der Waals surface area contributed by atoms with Crippen molar-refractivity contribution < 1.29 is 0 Å². The Morgan fingerprint density at radius 2 is 1.59 bits per heavy atom. The van der Waals surface area contributed by atoms with Crippen LogP contribution in [0, 0.1) is 0 Å². The Hall–Kier alpha value is -0.820. The second-order valence-electron chi connectivity index (χ2n) is 6.01. The molecule has 0 radical (unpaired) electrons. The van der Waals surface area contributed by atoms with Gasteiger partial charge in [-0.05, 0) is 35.9 Å². The Balaban J connectivity index is 2.80. The highest BCUT2D eigenvalue weighted by atomic mass is 14.9. The van der Waals surface area contributed by atoms with E-state index in [9.17, 15) is 0 Å². The minimum atomic E-state index is 0.245. The number of hydrogen-bond donors (Lipinski definition) is 1. The highest BCUT2D eigenvalue weighted by Gasteiger charge is 2.16. The topological polar surface area (TPSA) is 12.0 Å². The van der Waals surface area contributed by atoms with Gasteiger partial charge in [0.15, 0.2) is 0 Å². The fourth-order valence-electron chi connectivity index (χ4n) is 2.07. The number of hydrogen-bond acceptors (Lipinski definition) is 1. The van der Waals surface area contributed by atoms with Crippen molar-refractivity contribution in [1.29, 1.82) is 0 Å². The van der Waals surface area contributed by atoms with Crippen LogP contribution < -0.4 is 5.32 Å². The van der Waals surface area contributed by atoms with Crippen molar-refractivity contribution >= 4 is 0 Å². The maximum Gasteiger partial charge on any atom is 0.0105 e. The van der Waals surface area contributed by atoms with Crippen LogP contribution in [-0.2, 0) is 5.41 Å². The van der Waals surface area contributed by atoms with E-state index >= 15 is 0 Å². The molecule has 17 heavy (non-hydrogen) atoms. The van der Waals surface area contributed by atoms with Gasteiger partial charge in [-0.15, -0.1) is 0 Å². The van der Waals surface area contributed by atoms with E-state index in [1.165, 1.54) is 11.1 Å². The molecule has 0 fully saturated rings. The summed E-state index contributed by atoms with van der Waals surface area (Å²) in [6.45, 7) is 14.5. The molecule has 0 aromatic heterocycles. The first kappa shape index (κ1) is 14.2. The Morgan fingerprint density at radius 1 is 1.06 bits per heavy atom. The molecule has 0 amide bonds. The van der Waals surface area contributed by atoms with E-state index in [1.807, 2.05) is 0 Å². The number of likely N-dealkylation sites (N-methyl/N-ethyl adjacent to an activating group) is 1. The van der Waals surface area contributed by atoms with E-state index in [2.05, 4.69) is 71.1 Å². The first-order valence-electron chi connectivity index (χ1n) is 6.70. The molecule has 2 atom stereocenters. The van der Waals surface area contributed by atoms with Gasteiger partial charge in [0.1, 0.15) is 0 Å². The van der Waals surface area contributed by atoms with Crippen molar-refractivity contribution in [3.63, 3.8) is 0 Å². The standard InChI is InChI=1S/C16H27N/c1-7-17-13(3)12(2)14-8-10-15(11-9-14)16(4,5)6/h8-13,17H,7H2,1-6H3. The number of benzene rings is 1. The molecule has 0 saturated heterocycles. The van der Waals surface area contributed by atoms with Gasteiger partial charge in [0.2, 0.25) is 0 Å². The largest absolute Gasteiger partial charge is 0.314 e. The summed E-state index contributed by atoms with van der Waals surface area (Å²) in [5, 5.41) is 3.49. The summed E-state index contributed by atoms with van der Waals surface area (Å²) in [6.07, 6.45) is 0. The van der Waals surface area contributed by atoms with E-state index in [0.717, 1.165) is 6.54 Å². The molecule has 1 aromatic carbocycles. The van der Waals surface area contributed by atoms with Gasteiger partial charge in [-0.1, -0.05) is 58.9 Å². The molecule has 0 spiro atoms. The van der Waals surface area contributed by atoms with Crippen LogP contribution in [0.15, 0.2) is 24.3 Å². The van der Waals surface area contributed by atoms with E-state index in [4.69, 9.17) is 0 Å². The molecule has 1 N–H and O–H groups in total. The first-order valence-corrected chi connectivity index (χ1v) is 6.70. The Labute approximate surface area is 107 Å². The summed E-state index contributed by atoms with van der Waals surface area (Å²) < 4.78 is 0. The van der Waals surface area contributed by atoms with Gasteiger partial charge in [0.05, 0.1) is 0 Å². The van der Waals surface area contributed by atoms with E-state index < -0.39 is 0 Å². The van der Waals surface area contributed by atoms with Crippen LogP contribution in [0.1, 0.15) is 58.6 Å². The molecule has 1 nitrogen and oxygen atoms in total. The number of rotatable bonds is 4. The number of nitrogens with one attached hydrogen (secondary N) is 1. The molecular formula is C16H27N. The fourth-order valence-corrected chi connectivity index (χ4v) is 2.07. The summed E-state index contributed by atoms with van der Waals surface area (Å²) in [4.78, 5) is 0. The molecular weight excluding hydrogens is 206 g/mol. The van der Waals surface area contributed by atoms with Crippen LogP contribution in [-0.4, -0.2) is 12.6 Å². The molecule has 0 aliphatic rings. The predicted octanol–water partition coefficient (Wildman–Crippen LogP) is 4.09. The fraction of sp³-hybridized carbons (Fsp3) is 0.625. The molecule has 1 aromatic rings. The lowest BCUT2D eigenvalue weighted by molar-refractivity contribution is 0.494. The summed E-state index contributed by atoms with van der Waals surface area (Å²) in [7, 11) is 0. The zero-order valence-corrected chi connectivity index (χ0v) is 12.2. The minimum Gasteiger partial charge on any atom is -0.314 e. The molecule has 96 valence electrons. The Kier molecular flexibility index (Phi) is 4.76. The van der Waals surface area contributed by atoms with Crippen molar-refractivity contribution in [2.75, 3.05) is 6.54 Å². The second kappa shape index (κ2) is 5.68. The van der Waals surface area contributed by atoms with Gasteiger partial charge in [-0.2, -0.15) is 0 Å². The molecule has 0 bridgehead atoms. The van der Waals surface area contributed by atoms with Crippen LogP contribution in [0.5, 0.6) is 0 Å². The molecule has 0 aliphatic heterocycles. The zero-order chi connectivity index (χ0) is 13.1. The predicted molar refractivity (Wildman–Crippen MR) is 76.7 cm³/mol. The van der Waals surface area contributed by atoms with Gasteiger partial charge in [0.25, 0.3) is 0 Å². The SMILES string of the molecule is CCNC(C)C(C)c1ccc(C(C)(C)C)cc1. The third kappa shape index (κ3) is 3.85. The van der Waals surface area contributed by atoms with Crippen LogP contribution >= 0.6 is 0 Å². The average Bonchev–Trinajstić information content (AvgIpc) is 2.27. The summed E-state index contributed by atoms with van der Waals surface area (Å²) >= 11 is 0. The van der Waals surface area contributed by atoms with Crippen LogP contribution in [0.2, 0.25) is 0 Å². The second-order valence-corrected chi connectivity index (χ2v) is 6.01. The zero-order valence-electron chi connectivity index (χ0n) is 12.2. The maximum atomic E-state index is 3.49. The molecule has 0 heterocycles. The van der Waals surface area contributed by atoms with Gasteiger partial charge in [0, 0.05) is 6.04 Å².